The number of nitrogens with zero attached hydrogens (tertiary/aromatic N) is 2. The van der Waals surface area contributed by atoms with Crippen molar-refractivity contribution in [1.82, 2.24) is 0 Å². The summed E-state index contributed by atoms with van der Waals surface area (Å²) in [5, 5.41) is 25.3. The lowest BCUT2D eigenvalue weighted by Gasteiger charge is -2.17. The number of rotatable bonds is 3. The van der Waals surface area contributed by atoms with E-state index in [2.05, 4.69) is 5.10 Å². The van der Waals surface area contributed by atoms with Crippen molar-refractivity contribution in [3.05, 3.63) is 60.2 Å². The highest BCUT2D eigenvalue weighted by Gasteiger charge is 2.49. The summed E-state index contributed by atoms with van der Waals surface area (Å²) in [5.74, 6) is -2.95. The van der Waals surface area contributed by atoms with E-state index in [1.807, 2.05) is 0 Å². The molecule has 0 saturated carbocycles. The third kappa shape index (κ3) is 2.24. The summed E-state index contributed by atoms with van der Waals surface area (Å²) in [6, 6.07) is 15.1. The van der Waals surface area contributed by atoms with Gasteiger partial charge in [-0.15, -0.1) is 0 Å². The van der Waals surface area contributed by atoms with Gasteiger partial charge in [0.2, 0.25) is 0 Å². The maximum atomic E-state index is 12.2. The van der Waals surface area contributed by atoms with Crippen LogP contribution in [0.2, 0.25) is 0 Å². The molecule has 6 nitrogen and oxygen atoms in total. The molecule has 0 fully saturated rings. The van der Waals surface area contributed by atoms with Crippen LogP contribution in [-0.2, 0) is 4.79 Å². The van der Waals surface area contributed by atoms with Crippen LogP contribution in [0.1, 0.15) is 5.56 Å². The lowest BCUT2D eigenvalue weighted by Crippen LogP contribution is -2.46. The number of ether oxygens (including phenoxy) is 1. The highest BCUT2D eigenvalue weighted by Crippen LogP contribution is 2.28. The van der Waals surface area contributed by atoms with Gasteiger partial charge in [0.25, 0.3) is 5.79 Å². The predicted octanol–water partition coefficient (Wildman–Crippen LogP) is 1.13. The maximum absolute atomic E-state index is 12.2. The molecule has 2 aromatic rings. The molecular weight excluding hydrogens is 284 g/mol. The van der Waals surface area contributed by atoms with Crippen molar-refractivity contribution in [2.75, 3.05) is 12.1 Å². The van der Waals surface area contributed by atoms with Crippen LogP contribution in [0, 0.1) is 0 Å². The molecule has 0 saturated heterocycles. The van der Waals surface area contributed by atoms with Crippen molar-refractivity contribution in [3.8, 4) is 5.75 Å². The first-order valence-electron chi connectivity index (χ1n) is 6.62. The number of hydrogen-bond donors (Lipinski definition) is 2. The molecule has 6 heteroatoms. The number of para-hydroxylation sites is 1. The van der Waals surface area contributed by atoms with E-state index in [1.54, 1.807) is 54.6 Å². The van der Waals surface area contributed by atoms with Gasteiger partial charge in [0.1, 0.15) is 11.5 Å². The Balaban J connectivity index is 2.03. The number of methoxy groups -OCH3 is 1. The van der Waals surface area contributed by atoms with Gasteiger partial charge in [0.05, 0.1) is 12.8 Å². The zero-order valence-corrected chi connectivity index (χ0v) is 11.8. The first-order valence-corrected chi connectivity index (χ1v) is 6.62. The third-order valence-corrected chi connectivity index (χ3v) is 3.39. The minimum atomic E-state index is -2.66. The van der Waals surface area contributed by atoms with Crippen LogP contribution in [0.15, 0.2) is 59.7 Å². The molecule has 0 spiro atoms. The summed E-state index contributed by atoms with van der Waals surface area (Å²) in [4.78, 5) is 12.2. The van der Waals surface area contributed by atoms with Crippen molar-refractivity contribution >= 4 is 17.3 Å². The van der Waals surface area contributed by atoms with E-state index < -0.39 is 11.7 Å². The lowest BCUT2D eigenvalue weighted by molar-refractivity contribution is -0.155. The Labute approximate surface area is 126 Å². The van der Waals surface area contributed by atoms with Gasteiger partial charge in [-0.2, -0.15) is 10.1 Å². The number of aliphatic hydroxyl groups is 2. The molecular formula is C16H14N2O4. The average molecular weight is 298 g/mol. The van der Waals surface area contributed by atoms with Crippen LogP contribution in [-0.4, -0.2) is 34.7 Å². The van der Waals surface area contributed by atoms with Crippen molar-refractivity contribution in [3.63, 3.8) is 0 Å². The number of hydrazone groups is 1. The maximum Gasteiger partial charge on any atom is 0.314 e. The molecule has 22 heavy (non-hydrogen) atoms. The Hall–Kier alpha value is -2.70. The first-order chi connectivity index (χ1) is 10.5. The number of carbonyl (C=O) groups is 1. The molecule has 0 aromatic heterocycles. The Bertz CT molecular complexity index is 724. The SMILES string of the molecule is COc1ccc(C2=NN(c3ccccc3)C(=O)C2(O)O)cc1. The second-order valence-corrected chi connectivity index (χ2v) is 4.80. The molecule has 0 atom stereocenters. The van der Waals surface area contributed by atoms with E-state index in [4.69, 9.17) is 4.74 Å². The number of carbonyl (C=O) groups excluding carboxylic acids is 1. The molecule has 2 N–H and O–H groups in total. The molecule has 0 bridgehead atoms. The highest BCUT2D eigenvalue weighted by atomic mass is 16.5. The molecule has 1 aliphatic heterocycles. The van der Waals surface area contributed by atoms with Gasteiger partial charge in [-0.05, 0) is 36.4 Å². The molecule has 0 radical (unpaired) electrons. The van der Waals surface area contributed by atoms with Crippen LogP contribution in [0.5, 0.6) is 5.75 Å². The fourth-order valence-electron chi connectivity index (χ4n) is 2.22. The predicted molar refractivity (Wildman–Crippen MR) is 80.6 cm³/mol. The Morgan fingerprint density at radius 2 is 1.68 bits per heavy atom. The zero-order valence-electron chi connectivity index (χ0n) is 11.8. The van der Waals surface area contributed by atoms with Gasteiger partial charge >= 0.3 is 5.91 Å². The molecule has 112 valence electrons. The van der Waals surface area contributed by atoms with E-state index >= 15 is 0 Å². The lowest BCUT2D eigenvalue weighted by atomic mass is 10.0. The fourth-order valence-corrected chi connectivity index (χ4v) is 2.22. The molecule has 1 heterocycles. The molecule has 1 amide bonds. The fraction of sp³-hybridized carbons (Fsp3) is 0.125. The summed E-state index contributed by atoms with van der Waals surface area (Å²) in [6.07, 6.45) is 0. The second-order valence-electron chi connectivity index (χ2n) is 4.80. The van der Waals surface area contributed by atoms with Crippen LogP contribution < -0.4 is 9.75 Å². The van der Waals surface area contributed by atoms with E-state index in [0.717, 1.165) is 5.01 Å². The third-order valence-electron chi connectivity index (χ3n) is 3.39. The van der Waals surface area contributed by atoms with Gasteiger partial charge in [-0.25, -0.2) is 0 Å². The number of hydrogen-bond acceptors (Lipinski definition) is 5. The van der Waals surface area contributed by atoms with E-state index in [0.29, 0.717) is 17.0 Å². The molecule has 0 unspecified atom stereocenters. The van der Waals surface area contributed by atoms with Crippen molar-refractivity contribution in [2.24, 2.45) is 5.10 Å². The normalized spacial score (nSPS) is 16.6. The monoisotopic (exact) mass is 298 g/mol. The summed E-state index contributed by atoms with van der Waals surface area (Å²) in [6.45, 7) is 0. The van der Waals surface area contributed by atoms with Crippen LogP contribution in [0.4, 0.5) is 5.69 Å². The number of benzene rings is 2. The van der Waals surface area contributed by atoms with Crippen molar-refractivity contribution < 1.29 is 19.7 Å². The molecule has 3 rings (SSSR count). The van der Waals surface area contributed by atoms with Crippen LogP contribution in [0.3, 0.4) is 0 Å². The van der Waals surface area contributed by atoms with Gasteiger partial charge < -0.3 is 14.9 Å². The Morgan fingerprint density at radius 1 is 1.05 bits per heavy atom. The standard InChI is InChI=1S/C16H14N2O4/c1-22-13-9-7-11(8-10-13)14-16(20,21)15(19)18(17-14)12-5-3-2-4-6-12/h2-10,20-21H,1H3. The largest absolute Gasteiger partial charge is 0.497 e. The Morgan fingerprint density at radius 3 is 2.27 bits per heavy atom. The summed E-state index contributed by atoms with van der Waals surface area (Å²) in [5.41, 5.74) is 0.769. The summed E-state index contributed by atoms with van der Waals surface area (Å²) in [7, 11) is 1.53. The molecule has 2 aromatic carbocycles. The summed E-state index contributed by atoms with van der Waals surface area (Å²) < 4.78 is 5.05. The minimum Gasteiger partial charge on any atom is -0.497 e. The smallest absolute Gasteiger partial charge is 0.314 e. The van der Waals surface area contributed by atoms with Crippen molar-refractivity contribution in [2.45, 2.75) is 5.79 Å². The van der Waals surface area contributed by atoms with Crippen molar-refractivity contribution in [1.29, 1.82) is 0 Å². The van der Waals surface area contributed by atoms with E-state index in [1.165, 1.54) is 7.11 Å². The number of anilines is 1. The summed E-state index contributed by atoms with van der Waals surface area (Å²) >= 11 is 0. The first kappa shape index (κ1) is 14.2. The quantitative estimate of drug-likeness (QED) is 0.832. The average Bonchev–Trinajstić information content (AvgIpc) is 2.79. The molecule has 1 aliphatic rings. The van der Waals surface area contributed by atoms with Gasteiger partial charge in [-0.1, -0.05) is 18.2 Å². The molecule has 0 aliphatic carbocycles. The highest BCUT2D eigenvalue weighted by molar-refractivity contribution is 6.26. The van der Waals surface area contributed by atoms with Crippen LogP contribution >= 0.6 is 0 Å². The topological polar surface area (TPSA) is 82.4 Å². The van der Waals surface area contributed by atoms with Gasteiger partial charge in [0, 0.05) is 5.56 Å². The zero-order chi connectivity index (χ0) is 15.7. The van der Waals surface area contributed by atoms with E-state index in [-0.39, 0.29) is 5.71 Å². The van der Waals surface area contributed by atoms with Gasteiger partial charge in [-0.3, -0.25) is 4.79 Å². The van der Waals surface area contributed by atoms with Crippen LogP contribution in [0.25, 0.3) is 0 Å². The Kier molecular flexibility index (Phi) is 3.40. The second kappa shape index (κ2) is 5.25. The number of amides is 1. The minimum absolute atomic E-state index is 0.121. The van der Waals surface area contributed by atoms with E-state index in [9.17, 15) is 15.0 Å². The van der Waals surface area contributed by atoms with Gasteiger partial charge in [0.15, 0.2) is 0 Å².